The van der Waals surface area contributed by atoms with Crippen LogP contribution in [0.1, 0.15) is 16.1 Å². The summed E-state index contributed by atoms with van der Waals surface area (Å²) in [5.41, 5.74) is 2.60. The molecule has 1 aromatic heterocycles. The van der Waals surface area contributed by atoms with E-state index < -0.39 is 0 Å². The van der Waals surface area contributed by atoms with Crippen molar-refractivity contribution in [2.75, 3.05) is 6.54 Å². The van der Waals surface area contributed by atoms with Gasteiger partial charge in [-0.25, -0.2) is 0 Å². The number of benzene rings is 2. The highest BCUT2D eigenvalue weighted by Gasteiger charge is 2.08. The maximum atomic E-state index is 12.1. The number of aromatic nitrogens is 1. The smallest absolute Gasteiger partial charge is 0.267 e. The van der Waals surface area contributed by atoms with E-state index in [2.05, 4.69) is 10.3 Å². The van der Waals surface area contributed by atoms with Crippen molar-refractivity contribution in [3.8, 4) is 5.75 Å². The van der Waals surface area contributed by atoms with Crippen LogP contribution >= 0.6 is 0 Å². The van der Waals surface area contributed by atoms with E-state index in [4.69, 9.17) is 0 Å². The van der Waals surface area contributed by atoms with E-state index in [-0.39, 0.29) is 11.7 Å². The summed E-state index contributed by atoms with van der Waals surface area (Å²) in [7, 11) is 0. The van der Waals surface area contributed by atoms with E-state index in [1.54, 1.807) is 12.1 Å². The quantitative estimate of drug-likeness (QED) is 0.688. The van der Waals surface area contributed by atoms with Crippen molar-refractivity contribution in [2.45, 2.75) is 6.42 Å². The summed E-state index contributed by atoms with van der Waals surface area (Å²) in [6.07, 6.45) is 0.728. The molecule has 4 nitrogen and oxygen atoms in total. The lowest BCUT2D eigenvalue weighted by Gasteiger charge is -2.04. The van der Waals surface area contributed by atoms with Crippen LogP contribution in [0.5, 0.6) is 5.75 Å². The molecule has 0 aliphatic heterocycles. The van der Waals surface area contributed by atoms with Gasteiger partial charge >= 0.3 is 0 Å². The highest BCUT2D eigenvalue weighted by molar-refractivity contribution is 5.97. The van der Waals surface area contributed by atoms with Crippen molar-refractivity contribution in [3.63, 3.8) is 0 Å². The Morgan fingerprint density at radius 1 is 1.10 bits per heavy atom. The SMILES string of the molecule is O=C(NCCc1ccc(O)cc1)c1cc2ccccc2[nH]1. The molecule has 3 aromatic rings. The van der Waals surface area contributed by atoms with Crippen LogP contribution in [0.25, 0.3) is 10.9 Å². The monoisotopic (exact) mass is 280 g/mol. The number of phenols is 1. The summed E-state index contributed by atoms with van der Waals surface area (Å²) in [5, 5.41) is 13.1. The molecule has 1 amide bonds. The summed E-state index contributed by atoms with van der Waals surface area (Å²) >= 11 is 0. The molecule has 0 saturated heterocycles. The number of rotatable bonds is 4. The van der Waals surface area contributed by atoms with Gasteiger partial charge in [-0.15, -0.1) is 0 Å². The topological polar surface area (TPSA) is 65.1 Å². The predicted octanol–water partition coefficient (Wildman–Crippen LogP) is 2.85. The van der Waals surface area contributed by atoms with E-state index >= 15 is 0 Å². The molecule has 0 unspecified atom stereocenters. The summed E-state index contributed by atoms with van der Waals surface area (Å²) in [5.74, 6) is 0.144. The number of carbonyl (C=O) groups is 1. The van der Waals surface area contributed by atoms with Gasteiger partial charge in [-0.2, -0.15) is 0 Å². The molecule has 106 valence electrons. The van der Waals surface area contributed by atoms with Gasteiger partial charge in [0.05, 0.1) is 0 Å². The van der Waals surface area contributed by atoms with Crippen LogP contribution in [-0.2, 0) is 6.42 Å². The first-order valence-electron chi connectivity index (χ1n) is 6.86. The fourth-order valence-electron chi connectivity index (χ4n) is 2.27. The number of nitrogens with one attached hydrogen (secondary N) is 2. The average molecular weight is 280 g/mol. The molecule has 0 spiro atoms. The molecule has 2 aromatic carbocycles. The Kier molecular flexibility index (Phi) is 3.60. The van der Waals surface area contributed by atoms with Crippen molar-refractivity contribution < 1.29 is 9.90 Å². The third kappa shape index (κ3) is 3.05. The predicted molar refractivity (Wildman–Crippen MR) is 82.4 cm³/mol. The van der Waals surface area contributed by atoms with Crippen molar-refractivity contribution in [1.29, 1.82) is 0 Å². The van der Waals surface area contributed by atoms with Crippen molar-refractivity contribution in [3.05, 3.63) is 65.9 Å². The second-order valence-corrected chi connectivity index (χ2v) is 4.94. The van der Waals surface area contributed by atoms with E-state index in [0.717, 1.165) is 22.9 Å². The molecule has 4 heteroatoms. The minimum Gasteiger partial charge on any atom is -0.508 e. The standard InChI is InChI=1S/C17H16N2O2/c20-14-7-5-12(6-8-14)9-10-18-17(21)16-11-13-3-1-2-4-15(13)19-16/h1-8,11,19-20H,9-10H2,(H,18,21). The minimum atomic E-state index is -0.107. The number of hydrogen-bond donors (Lipinski definition) is 3. The molecular weight excluding hydrogens is 264 g/mol. The zero-order chi connectivity index (χ0) is 14.7. The first-order valence-corrected chi connectivity index (χ1v) is 6.86. The van der Waals surface area contributed by atoms with Crippen LogP contribution < -0.4 is 5.32 Å². The molecule has 0 radical (unpaired) electrons. The molecule has 0 atom stereocenters. The molecule has 1 heterocycles. The van der Waals surface area contributed by atoms with Crippen LogP contribution in [0.3, 0.4) is 0 Å². The highest BCUT2D eigenvalue weighted by Crippen LogP contribution is 2.14. The van der Waals surface area contributed by atoms with Gasteiger partial charge in [-0.05, 0) is 36.2 Å². The lowest BCUT2D eigenvalue weighted by Crippen LogP contribution is -2.25. The Bertz CT molecular complexity index is 727. The Balaban J connectivity index is 1.60. The van der Waals surface area contributed by atoms with Gasteiger partial charge in [0.1, 0.15) is 11.4 Å². The number of aromatic amines is 1. The van der Waals surface area contributed by atoms with Crippen LogP contribution in [0, 0.1) is 0 Å². The number of carbonyl (C=O) groups excluding carboxylic acids is 1. The molecular formula is C17H16N2O2. The number of hydrogen-bond acceptors (Lipinski definition) is 2. The van der Waals surface area contributed by atoms with Crippen LogP contribution in [-0.4, -0.2) is 22.5 Å². The first-order chi connectivity index (χ1) is 10.2. The molecule has 3 N–H and O–H groups in total. The van der Waals surface area contributed by atoms with Crippen LogP contribution in [0.15, 0.2) is 54.6 Å². The maximum Gasteiger partial charge on any atom is 0.267 e. The molecule has 0 saturated carbocycles. The van der Waals surface area contributed by atoms with Crippen molar-refractivity contribution in [1.82, 2.24) is 10.3 Å². The minimum absolute atomic E-state index is 0.107. The Labute approximate surface area is 122 Å². The number of phenolic OH excluding ortho intramolecular Hbond substituents is 1. The summed E-state index contributed by atoms with van der Waals surface area (Å²) < 4.78 is 0. The third-order valence-electron chi connectivity index (χ3n) is 3.41. The molecule has 0 fully saturated rings. The molecule has 21 heavy (non-hydrogen) atoms. The lowest BCUT2D eigenvalue weighted by atomic mass is 10.1. The Morgan fingerprint density at radius 3 is 2.62 bits per heavy atom. The number of H-pyrrole nitrogens is 1. The second kappa shape index (κ2) is 5.71. The summed E-state index contributed by atoms with van der Waals surface area (Å²) in [4.78, 5) is 15.2. The van der Waals surface area contributed by atoms with Gasteiger partial charge in [0.25, 0.3) is 5.91 Å². The Morgan fingerprint density at radius 2 is 1.86 bits per heavy atom. The lowest BCUT2D eigenvalue weighted by molar-refractivity contribution is 0.0950. The number of aromatic hydroxyl groups is 1. The van der Waals surface area contributed by atoms with Gasteiger partial charge in [-0.3, -0.25) is 4.79 Å². The van der Waals surface area contributed by atoms with E-state index in [9.17, 15) is 9.90 Å². The largest absolute Gasteiger partial charge is 0.508 e. The van der Waals surface area contributed by atoms with Gasteiger partial charge in [0.15, 0.2) is 0 Å². The third-order valence-corrected chi connectivity index (χ3v) is 3.41. The van der Waals surface area contributed by atoms with Crippen molar-refractivity contribution >= 4 is 16.8 Å². The fourth-order valence-corrected chi connectivity index (χ4v) is 2.27. The van der Waals surface area contributed by atoms with Gasteiger partial charge < -0.3 is 15.4 Å². The Hall–Kier alpha value is -2.75. The number of para-hydroxylation sites is 1. The zero-order valence-electron chi connectivity index (χ0n) is 11.5. The second-order valence-electron chi connectivity index (χ2n) is 4.94. The summed E-state index contributed by atoms with van der Waals surface area (Å²) in [6.45, 7) is 0.555. The highest BCUT2D eigenvalue weighted by atomic mass is 16.3. The fraction of sp³-hybridized carbons (Fsp3) is 0.118. The molecule has 0 aliphatic rings. The maximum absolute atomic E-state index is 12.1. The van der Waals surface area contributed by atoms with E-state index in [1.165, 1.54) is 0 Å². The zero-order valence-corrected chi connectivity index (χ0v) is 11.5. The average Bonchev–Trinajstić information content (AvgIpc) is 2.93. The summed E-state index contributed by atoms with van der Waals surface area (Å²) in [6, 6.07) is 16.7. The van der Waals surface area contributed by atoms with Gasteiger partial charge in [-0.1, -0.05) is 30.3 Å². The molecule has 3 rings (SSSR count). The van der Waals surface area contributed by atoms with E-state index in [0.29, 0.717) is 12.2 Å². The number of fused-ring (bicyclic) bond motifs is 1. The van der Waals surface area contributed by atoms with Gasteiger partial charge in [0.2, 0.25) is 0 Å². The van der Waals surface area contributed by atoms with Crippen molar-refractivity contribution in [2.24, 2.45) is 0 Å². The van der Waals surface area contributed by atoms with E-state index in [1.807, 2.05) is 42.5 Å². The normalized spacial score (nSPS) is 10.7. The van der Waals surface area contributed by atoms with Crippen LogP contribution in [0.4, 0.5) is 0 Å². The van der Waals surface area contributed by atoms with Crippen LogP contribution in [0.2, 0.25) is 0 Å². The number of amides is 1. The molecule has 0 bridgehead atoms. The molecule has 0 aliphatic carbocycles. The van der Waals surface area contributed by atoms with Gasteiger partial charge in [0, 0.05) is 17.4 Å². The first kappa shape index (κ1) is 13.2.